The first kappa shape index (κ1) is 15.2. The average molecular weight is 308 g/mol. The third kappa shape index (κ3) is 3.47. The lowest BCUT2D eigenvalue weighted by Gasteiger charge is -2.11. The minimum atomic E-state index is -3.95. The van der Waals surface area contributed by atoms with Crippen molar-refractivity contribution in [2.24, 2.45) is 12.2 Å². The van der Waals surface area contributed by atoms with Crippen LogP contribution >= 0.6 is 0 Å². The first-order valence-corrected chi connectivity index (χ1v) is 7.76. The molecule has 8 heteroatoms. The number of carbonyl (C=O) groups excluding carboxylic acids is 1. The van der Waals surface area contributed by atoms with Gasteiger partial charge in [0.25, 0.3) is 0 Å². The van der Waals surface area contributed by atoms with E-state index < -0.39 is 15.9 Å². The van der Waals surface area contributed by atoms with E-state index in [1.807, 2.05) is 30.3 Å². The quantitative estimate of drug-likeness (QED) is 0.871. The topological polar surface area (TPSA) is 107 Å². The van der Waals surface area contributed by atoms with E-state index >= 15 is 0 Å². The summed E-state index contributed by atoms with van der Waals surface area (Å²) in [5.74, 6) is -0.862. The molecule has 0 bridgehead atoms. The Hall–Kier alpha value is -2.19. The van der Waals surface area contributed by atoms with Crippen molar-refractivity contribution >= 4 is 21.7 Å². The summed E-state index contributed by atoms with van der Waals surface area (Å²) < 4.78 is 24.2. The molecule has 1 atom stereocenters. The van der Waals surface area contributed by atoms with E-state index in [4.69, 9.17) is 5.14 Å². The number of anilines is 1. The number of nitrogens with one attached hydrogen (secondary N) is 1. The van der Waals surface area contributed by atoms with Crippen LogP contribution in [0, 0.1) is 0 Å². The normalized spacial score (nSPS) is 12.9. The second-order valence-corrected chi connectivity index (χ2v) is 6.21. The van der Waals surface area contributed by atoms with Gasteiger partial charge in [-0.1, -0.05) is 30.3 Å². The number of carbonyl (C=O) groups is 1. The molecule has 0 saturated heterocycles. The molecule has 0 saturated carbocycles. The predicted octanol–water partition coefficient (Wildman–Crippen LogP) is 0.810. The van der Waals surface area contributed by atoms with Crippen LogP contribution in [0.4, 0.5) is 5.82 Å². The number of rotatable bonds is 4. The van der Waals surface area contributed by atoms with E-state index in [2.05, 4.69) is 10.4 Å². The fraction of sp³-hybridized carbons (Fsp3) is 0.231. The van der Waals surface area contributed by atoms with Crippen LogP contribution in [0.3, 0.4) is 0 Å². The van der Waals surface area contributed by atoms with E-state index in [1.165, 1.54) is 10.9 Å². The molecule has 2 rings (SSSR count). The van der Waals surface area contributed by atoms with Gasteiger partial charge in [0, 0.05) is 13.2 Å². The zero-order chi connectivity index (χ0) is 15.6. The number of amides is 1. The van der Waals surface area contributed by atoms with Gasteiger partial charge in [-0.2, -0.15) is 5.10 Å². The standard InChI is InChI=1S/C13H16N4O3S/c1-9(10-6-4-3-5-7-10)13(18)15-12-11(21(14,19)20)8-17(2)16-12/h3-9H,1-2H3,(H2,14,19,20)(H,15,16,18). The molecule has 1 heterocycles. The Bertz CT molecular complexity index is 753. The van der Waals surface area contributed by atoms with E-state index in [-0.39, 0.29) is 16.6 Å². The molecule has 1 unspecified atom stereocenters. The summed E-state index contributed by atoms with van der Waals surface area (Å²) in [6.45, 7) is 1.73. The van der Waals surface area contributed by atoms with Crippen LogP contribution in [0.1, 0.15) is 18.4 Å². The lowest BCUT2D eigenvalue weighted by molar-refractivity contribution is -0.117. The van der Waals surface area contributed by atoms with Crippen LogP contribution in [-0.2, 0) is 21.9 Å². The highest BCUT2D eigenvalue weighted by molar-refractivity contribution is 7.89. The predicted molar refractivity (Wildman–Crippen MR) is 78.1 cm³/mol. The van der Waals surface area contributed by atoms with Crippen LogP contribution in [0.2, 0.25) is 0 Å². The Kier molecular flexibility index (Phi) is 4.10. The number of aromatic nitrogens is 2. The maximum atomic E-state index is 12.2. The zero-order valence-corrected chi connectivity index (χ0v) is 12.5. The number of sulfonamides is 1. The molecule has 1 aromatic heterocycles. The van der Waals surface area contributed by atoms with Crippen molar-refractivity contribution in [1.82, 2.24) is 9.78 Å². The minimum absolute atomic E-state index is 0.0622. The number of benzene rings is 1. The van der Waals surface area contributed by atoms with Crippen molar-refractivity contribution in [3.05, 3.63) is 42.1 Å². The van der Waals surface area contributed by atoms with Gasteiger partial charge in [-0.15, -0.1) is 0 Å². The number of aryl methyl sites for hydroxylation is 1. The summed E-state index contributed by atoms with van der Waals surface area (Å²) in [4.78, 5) is 12.0. The number of nitrogens with zero attached hydrogens (tertiary/aromatic N) is 2. The SMILES string of the molecule is CC(C(=O)Nc1nn(C)cc1S(N)(=O)=O)c1ccccc1. The zero-order valence-electron chi connectivity index (χ0n) is 11.6. The molecular weight excluding hydrogens is 292 g/mol. The van der Waals surface area contributed by atoms with E-state index in [0.29, 0.717) is 0 Å². The molecule has 2 aromatic rings. The smallest absolute Gasteiger partial charge is 0.243 e. The molecule has 1 amide bonds. The monoisotopic (exact) mass is 308 g/mol. The summed E-state index contributed by atoms with van der Waals surface area (Å²) >= 11 is 0. The Morgan fingerprint density at radius 1 is 1.33 bits per heavy atom. The molecule has 0 aliphatic heterocycles. The van der Waals surface area contributed by atoms with Crippen LogP contribution < -0.4 is 10.5 Å². The van der Waals surface area contributed by atoms with E-state index in [1.54, 1.807) is 14.0 Å². The molecule has 0 fully saturated rings. The number of nitrogens with two attached hydrogens (primary N) is 1. The Morgan fingerprint density at radius 3 is 2.52 bits per heavy atom. The molecule has 7 nitrogen and oxygen atoms in total. The van der Waals surface area contributed by atoms with Crippen molar-refractivity contribution in [1.29, 1.82) is 0 Å². The van der Waals surface area contributed by atoms with Crippen molar-refractivity contribution in [2.45, 2.75) is 17.7 Å². The highest BCUT2D eigenvalue weighted by Gasteiger charge is 2.22. The maximum absolute atomic E-state index is 12.2. The fourth-order valence-corrected chi connectivity index (χ4v) is 2.54. The van der Waals surface area contributed by atoms with E-state index in [9.17, 15) is 13.2 Å². The number of hydrogen-bond donors (Lipinski definition) is 2. The summed E-state index contributed by atoms with van der Waals surface area (Å²) in [5.41, 5.74) is 0.822. The number of primary sulfonamides is 1. The van der Waals surface area contributed by atoms with Gasteiger partial charge in [-0.3, -0.25) is 9.48 Å². The number of hydrogen-bond acceptors (Lipinski definition) is 4. The third-order valence-electron chi connectivity index (χ3n) is 3.04. The Labute approximate surface area is 122 Å². The Balaban J connectivity index is 2.25. The minimum Gasteiger partial charge on any atom is -0.308 e. The fourth-order valence-electron chi connectivity index (χ4n) is 1.88. The highest BCUT2D eigenvalue weighted by atomic mass is 32.2. The largest absolute Gasteiger partial charge is 0.308 e. The van der Waals surface area contributed by atoms with Gasteiger partial charge in [0.2, 0.25) is 15.9 Å². The van der Waals surface area contributed by atoms with Gasteiger partial charge in [-0.05, 0) is 12.5 Å². The van der Waals surface area contributed by atoms with Gasteiger partial charge < -0.3 is 5.32 Å². The van der Waals surface area contributed by atoms with Crippen molar-refractivity contribution in [3.8, 4) is 0 Å². The van der Waals surface area contributed by atoms with Crippen LogP contribution in [0.25, 0.3) is 0 Å². The molecule has 0 radical (unpaired) electrons. The van der Waals surface area contributed by atoms with Crippen molar-refractivity contribution in [3.63, 3.8) is 0 Å². The highest BCUT2D eigenvalue weighted by Crippen LogP contribution is 2.21. The molecule has 112 valence electrons. The van der Waals surface area contributed by atoms with Crippen LogP contribution in [0.5, 0.6) is 0 Å². The molecule has 0 aliphatic carbocycles. The summed E-state index contributed by atoms with van der Waals surface area (Å²) in [6, 6.07) is 9.16. The van der Waals surface area contributed by atoms with Gasteiger partial charge in [0.05, 0.1) is 5.92 Å². The summed E-state index contributed by atoms with van der Waals surface area (Å²) in [6.07, 6.45) is 1.25. The second kappa shape index (κ2) is 5.66. The molecule has 0 spiro atoms. The lowest BCUT2D eigenvalue weighted by Crippen LogP contribution is -2.21. The van der Waals surface area contributed by atoms with Gasteiger partial charge in [0.1, 0.15) is 4.90 Å². The molecule has 0 aliphatic rings. The lowest BCUT2D eigenvalue weighted by atomic mass is 10.0. The first-order chi connectivity index (χ1) is 9.79. The molecular formula is C13H16N4O3S. The van der Waals surface area contributed by atoms with Crippen LogP contribution in [0.15, 0.2) is 41.4 Å². The summed E-state index contributed by atoms with van der Waals surface area (Å²) in [5, 5.41) is 11.5. The van der Waals surface area contributed by atoms with Crippen molar-refractivity contribution < 1.29 is 13.2 Å². The third-order valence-corrected chi connectivity index (χ3v) is 3.95. The van der Waals surface area contributed by atoms with Crippen LogP contribution in [-0.4, -0.2) is 24.1 Å². The maximum Gasteiger partial charge on any atom is 0.243 e. The van der Waals surface area contributed by atoms with Gasteiger partial charge in [-0.25, -0.2) is 13.6 Å². The second-order valence-electron chi connectivity index (χ2n) is 4.68. The average Bonchev–Trinajstić information content (AvgIpc) is 2.79. The van der Waals surface area contributed by atoms with Gasteiger partial charge in [0.15, 0.2) is 5.82 Å². The van der Waals surface area contributed by atoms with E-state index in [0.717, 1.165) is 5.56 Å². The Morgan fingerprint density at radius 2 is 1.95 bits per heavy atom. The molecule has 1 aromatic carbocycles. The first-order valence-electron chi connectivity index (χ1n) is 6.21. The van der Waals surface area contributed by atoms with Crippen molar-refractivity contribution in [2.75, 3.05) is 5.32 Å². The summed E-state index contributed by atoms with van der Waals surface area (Å²) in [7, 11) is -2.40. The van der Waals surface area contributed by atoms with Gasteiger partial charge >= 0.3 is 0 Å². The molecule has 3 N–H and O–H groups in total. The molecule has 21 heavy (non-hydrogen) atoms.